The first kappa shape index (κ1) is 20.6. The van der Waals surface area contributed by atoms with Crippen LogP contribution in [0.3, 0.4) is 0 Å². The van der Waals surface area contributed by atoms with Gasteiger partial charge in [-0.3, -0.25) is 9.59 Å². The molecule has 0 radical (unpaired) electrons. The first-order valence-electron chi connectivity index (χ1n) is 9.87. The average molecular weight is 408 g/mol. The van der Waals surface area contributed by atoms with Crippen molar-refractivity contribution in [2.75, 3.05) is 19.8 Å². The van der Waals surface area contributed by atoms with Gasteiger partial charge in [0.05, 0.1) is 12.0 Å². The molecule has 2 fully saturated rings. The molecule has 0 bridgehead atoms. The Balaban J connectivity index is 1.64. The highest BCUT2D eigenvalue weighted by Crippen LogP contribution is 2.45. The monoisotopic (exact) mass is 407 g/mol. The van der Waals surface area contributed by atoms with Crippen LogP contribution in [0, 0.1) is 0 Å². The van der Waals surface area contributed by atoms with Crippen molar-refractivity contribution < 1.29 is 23.9 Å². The average Bonchev–Trinajstić information content (AvgIpc) is 2.65. The van der Waals surface area contributed by atoms with Crippen molar-refractivity contribution in [1.82, 2.24) is 4.90 Å². The number of piperidine rings is 1. The Labute approximate surface area is 170 Å². The van der Waals surface area contributed by atoms with Crippen LogP contribution in [0.2, 0.25) is 5.02 Å². The van der Waals surface area contributed by atoms with E-state index in [-0.39, 0.29) is 19.1 Å². The quantitative estimate of drug-likeness (QED) is 0.677. The highest BCUT2D eigenvalue weighted by molar-refractivity contribution is 6.30. The third-order valence-corrected chi connectivity index (χ3v) is 5.92. The molecule has 1 atom stereocenters. The molecule has 3 rings (SSSR count). The molecule has 1 saturated heterocycles. The molecular weight excluding hydrogens is 382 g/mol. The lowest BCUT2D eigenvalue weighted by Gasteiger charge is -2.40. The summed E-state index contributed by atoms with van der Waals surface area (Å²) in [5.74, 6) is -1.15. The predicted molar refractivity (Wildman–Crippen MR) is 104 cm³/mol. The second-order valence-corrected chi connectivity index (χ2v) is 7.81. The summed E-state index contributed by atoms with van der Waals surface area (Å²) in [7, 11) is 0. The maximum Gasteiger partial charge on any atom is 0.328 e. The van der Waals surface area contributed by atoms with Gasteiger partial charge < -0.3 is 14.4 Å². The fourth-order valence-corrected chi connectivity index (χ4v) is 4.18. The first-order chi connectivity index (χ1) is 13.5. The molecule has 1 aromatic carbocycles. The topological polar surface area (TPSA) is 72.9 Å². The van der Waals surface area contributed by atoms with Crippen molar-refractivity contribution in [3.05, 3.63) is 34.9 Å². The molecule has 0 spiro atoms. The van der Waals surface area contributed by atoms with Crippen LogP contribution in [0.1, 0.15) is 51.0 Å². The molecule has 7 heteroatoms. The number of carbonyl (C=O) groups excluding carboxylic acids is 3. The van der Waals surface area contributed by atoms with Gasteiger partial charge in [-0.15, -0.1) is 0 Å². The number of halogens is 1. The summed E-state index contributed by atoms with van der Waals surface area (Å²) in [6.45, 7) is 2.12. The second kappa shape index (κ2) is 8.95. The summed E-state index contributed by atoms with van der Waals surface area (Å²) in [6.07, 6.45) is 4.54. The van der Waals surface area contributed by atoms with Crippen molar-refractivity contribution in [3.8, 4) is 0 Å². The van der Waals surface area contributed by atoms with Gasteiger partial charge in [-0.1, -0.05) is 30.2 Å². The fourth-order valence-electron chi connectivity index (χ4n) is 3.99. The number of hydrogen-bond donors (Lipinski definition) is 0. The lowest BCUT2D eigenvalue weighted by Crippen LogP contribution is -2.51. The van der Waals surface area contributed by atoms with Crippen molar-refractivity contribution in [3.63, 3.8) is 0 Å². The number of ether oxygens (including phenoxy) is 2. The molecule has 1 heterocycles. The lowest BCUT2D eigenvalue weighted by atomic mass is 9.64. The number of rotatable bonds is 6. The Morgan fingerprint density at radius 2 is 1.96 bits per heavy atom. The summed E-state index contributed by atoms with van der Waals surface area (Å²) in [6, 6.07) is 6.64. The van der Waals surface area contributed by atoms with E-state index in [2.05, 4.69) is 0 Å². The Bertz CT molecular complexity index is 746. The van der Waals surface area contributed by atoms with E-state index in [1.807, 2.05) is 12.1 Å². The normalized spacial score (nSPS) is 20.8. The summed E-state index contributed by atoms with van der Waals surface area (Å²) in [4.78, 5) is 39.1. The van der Waals surface area contributed by atoms with Crippen molar-refractivity contribution in [2.45, 2.75) is 56.9 Å². The van der Waals surface area contributed by atoms with Gasteiger partial charge >= 0.3 is 11.9 Å². The molecule has 2 aliphatic rings. The zero-order valence-corrected chi connectivity index (χ0v) is 16.9. The minimum atomic E-state index is -0.729. The Morgan fingerprint density at radius 1 is 1.18 bits per heavy atom. The number of amides is 1. The van der Waals surface area contributed by atoms with E-state index in [9.17, 15) is 14.4 Å². The predicted octanol–water partition coefficient (Wildman–Crippen LogP) is 3.25. The molecule has 28 heavy (non-hydrogen) atoms. The lowest BCUT2D eigenvalue weighted by molar-refractivity contribution is -0.164. The van der Waals surface area contributed by atoms with Crippen LogP contribution in [0.4, 0.5) is 0 Å². The van der Waals surface area contributed by atoms with Gasteiger partial charge in [0.2, 0.25) is 0 Å². The summed E-state index contributed by atoms with van der Waals surface area (Å²) < 4.78 is 10.5. The van der Waals surface area contributed by atoms with E-state index in [1.54, 1.807) is 19.1 Å². The van der Waals surface area contributed by atoms with Crippen molar-refractivity contribution in [2.24, 2.45) is 0 Å². The molecule has 152 valence electrons. The van der Waals surface area contributed by atoms with E-state index >= 15 is 0 Å². The van der Waals surface area contributed by atoms with Gasteiger partial charge in [0.15, 0.2) is 6.61 Å². The third-order valence-electron chi connectivity index (χ3n) is 5.68. The number of nitrogens with zero attached hydrogens (tertiary/aromatic N) is 1. The minimum Gasteiger partial charge on any atom is -0.464 e. The van der Waals surface area contributed by atoms with Crippen LogP contribution in [0.15, 0.2) is 24.3 Å². The molecular formula is C21H26ClNO5. The standard InChI is InChI=1S/C21H26ClNO5/c1-2-27-19(25)17-9-3-4-12-23(17)18(24)14-28-20(26)21(10-6-11-21)15-7-5-8-16(22)13-15/h5,7-8,13,17H,2-4,6,9-12,14H2,1H3. The number of hydrogen-bond acceptors (Lipinski definition) is 5. The molecule has 1 aliphatic carbocycles. The van der Waals surface area contributed by atoms with Crippen LogP contribution in [0.5, 0.6) is 0 Å². The third kappa shape index (κ3) is 4.17. The van der Waals surface area contributed by atoms with Crippen LogP contribution >= 0.6 is 11.6 Å². The van der Waals surface area contributed by atoms with Gasteiger partial charge in [0.1, 0.15) is 6.04 Å². The van der Waals surface area contributed by atoms with Crippen molar-refractivity contribution >= 4 is 29.4 Å². The van der Waals surface area contributed by atoms with Crippen LogP contribution < -0.4 is 0 Å². The van der Waals surface area contributed by atoms with E-state index < -0.39 is 23.4 Å². The first-order valence-corrected chi connectivity index (χ1v) is 10.2. The molecule has 0 N–H and O–H groups in total. The van der Waals surface area contributed by atoms with Crippen LogP contribution in [-0.2, 0) is 29.3 Å². The van der Waals surface area contributed by atoms with E-state index in [0.29, 0.717) is 30.8 Å². The Morgan fingerprint density at radius 3 is 2.61 bits per heavy atom. The molecule has 6 nitrogen and oxygen atoms in total. The molecule has 0 aromatic heterocycles. The number of likely N-dealkylation sites (tertiary alicyclic amines) is 1. The summed E-state index contributed by atoms with van der Waals surface area (Å²) in [5, 5.41) is 0.568. The van der Waals surface area contributed by atoms with Gasteiger partial charge in [-0.2, -0.15) is 0 Å². The molecule has 1 aliphatic heterocycles. The van der Waals surface area contributed by atoms with Gasteiger partial charge in [0.25, 0.3) is 5.91 Å². The Hall–Kier alpha value is -2.08. The molecule has 1 unspecified atom stereocenters. The fraction of sp³-hybridized carbons (Fsp3) is 0.571. The Kier molecular flexibility index (Phi) is 6.60. The van der Waals surface area contributed by atoms with Crippen LogP contribution in [-0.4, -0.2) is 48.5 Å². The van der Waals surface area contributed by atoms with Gasteiger partial charge in [-0.05, 0) is 56.7 Å². The van der Waals surface area contributed by atoms with Crippen molar-refractivity contribution in [1.29, 1.82) is 0 Å². The zero-order chi connectivity index (χ0) is 20.1. The minimum absolute atomic E-state index is 0.272. The molecule has 1 saturated carbocycles. The number of carbonyl (C=O) groups is 3. The molecule has 1 aromatic rings. The smallest absolute Gasteiger partial charge is 0.328 e. The summed E-state index contributed by atoms with van der Waals surface area (Å²) >= 11 is 6.08. The number of benzene rings is 1. The highest BCUT2D eigenvalue weighted by Gasteiger charge is 2.47. The van der Waals surface area contributed by atoms with Gasteiger partial charge in [0, 0.05) is 11.6 Å². The summed E-state index contributed by atoms with van der Waals surface area (Å²) in [5.41, 5.74) is 0.0965. The van der Waals surface area contributed by atoms with Crippen LogP contribution in [0.25, 0.3) is 0 Å². The molecule has 1 amide bonds. The van der Waals surface area contributed by atoms with E-state index in [1.165, 1.54) is 4.90 Å². The largest absolute Gasteiger partial charge is 0.464 e. The van der Waals surface area contributed by atoms with E-state index in [0.717, 1.165) is 24.8 Å². The zero-order valence-electron chi connectivity index (χ0n) is 16.1. The maximum atomic E-state index is 12.8. The van der Waals surface area contributed by atoms with Gasteiger partial charge in [-0.25, -0.2) is 4.79 Å². The SMILES string of the molecule is CCOC(=O)C1CCCCN1C(=O)COC(=O)C1(c2cccc(Cl)c2)CCC1. The number of esters is 2. The van der Waals surface area contributed by atoms with E-state index in [4.69, 9.17) is 21.1 Å². The highest BCUT2D eigenvalue weighted by atomic mass is 35.5. The second-order valence-electron chi connectivity index (χ2n) is 7.37. The maximum absolute atomic E-state index is 12.8.